The molecular formula is C15H22N2OS. The number of thioether (sulfide) groups is 1. The van der Waals surface area contributed by atoms with Gasteiger partial charge in [0, 0.05) is 13.1 Å². The van der Waals surface area contributed by atoms with E-state index in [0.717, 1.165) is 31.6 Å². The van der Waals surface area contributed by atoms with Gasteiger partial charge in [-0.25, -0.2) is 0 Å². The molecule has 0 radical (unpaired) electrons. The molecule has 1 aromatic rings. The number of amides is 1. The summed E-state index contributed by atoms with van der Waals surface area (Å²) in [6.07, 6.45) is 4.88. The van der Waals surface area contributed by atoms with Crippen molar-refractivity contribution in [3.63, 3.8) is 0 Å². The van der Waals surface area contributed by atoms with Crippen LogP contribution in [0.25, 0.3) is 0 Å². The van der Waals surface area contributed by atoms with Gasteiger partial charge in [-0.15, -0.1) is 0 Å². The van der Waals surface area contributed by atoms with Crippen molar-refractivity contribution in [1.82, 2.24) is 4.90 Å². The molecule has 0 fully saturated rings. The van der Waals surface area contributed by atoms with Gasteiger partial charge in [0.05, 0.1) is 6.04 Å². The van der Waals surface area contributed by atoms with Gasteiger partial charge in [-0.3, -0.25) is 4.79 Å². The second-order valence-electron chi connectivity index (χ2n) is 5.02. The Balaban J connectivity index is 2.03. The van der Waals surface area contributed by atoms with Gasteiger partial charge in [-0.2, -0.15) is 11.8 Å². The summed E-state index contributed by atoms with van der Waals surface area (Å²) in [5.41, 5.74) is 8.64. The van der Waals surface area contributed by atoms with Crippen LogP contribution in [0.2, 0.25) is 0 Å². The van der Waals surface area contributed by atoms with Crippen LogP contribution in [0.1, 0.15) is 24.0 Å². The highest BCUT2D eigenvalue weighted by Crippen LogP contribution is 2.19. The number of carbonyl (C=O) groups is 1. The molecular weight excluding hydrogens is 256 g/mol. The lowest BCUT2D eigenvalue weighted by atomic mass is 10.0. The van der Waals surface area contributed by atoms with Crippen LogP contribution in [-0.2, 0) is 17.8 Å². The third-order valence-electron chi connectivity index (χ3n) is 3.62. The molecule has 2 N–H and O–H groups in total. The van der Waals surface area contributed by atoms with E-state index in [2.05, 4.69) is 18.2 Å². The molecule has 0 spiro atoms. The van der Waals surface area contributed by atoms with Crippen LogP contribution in [0.4, 0.5) is 0 Å². The van der Waals surface area contributed by atoms with Gasteiger partial charge in [0.2, 0.25) is 5.91 Å². The van der Waals surface area contributed by atoms with E-state index in [0.29, 0.717) is 6.54 Å². The fourth-order valence-electron chi connectivity index (χ4n) is 2.49. The number of hydrogen-bond donors (Lipinski definition) is 1. The quantitative estimate of drug-likeness (QED) is 0.917. The van der Waals surface area contributed by atoms with E-state index in [-0.39, 0.29) is 11.9 Å². The second-order valence-corrected chi connectivity index (χ2v) is 6.01. The zero-order valence-corrected chi connectivity index (χ0v) is 12.3. The molecule has 1 aliphatic heterocycles. The van der Waals surface area contributed by atoms with E-state index >= 15 is 0 Å². The fraction of sp³-hybridized carbons (Fsp3) is 0.533. The van der Waals surface area contributed by atoms with Gasteiger partial charge in [0.25, 0.3) is 0 Å². The SMILES string of the molecule is CSCC[C@H](N)C(=O)N1CCCc2ccccc2C1. The first kappa shape index (κ1) is 14.4. The first-order chi connectivity index (χ1) is 9.22. The summed E-state index contributed by atoms with van der Waals surface area (Å²) in [5, 5.41) is 0. The monoisotopic (exact) mass is 278 g/mol. The average molecular weight is 278 g/mol. The normalized spacial score (nSPS) is 16.6. The molecule has 104 valence electrons. The lowest BCUT2D eigenvalue weighted by Crippen LogP contribution is -2.43. The van der Waals surface area contributed by atoms with Crippen LogP contribution in [0.15, 0.2) is 24.3 Å². The molecule has 1 amide bonds. The minimum absolute atomic E-state index is 0.103. The first-order valence-electron chi connectivity index (χ1n) is 6.82. The maximum absolute atomic E-state index is 12.4. The predicted molar refractivity (Wildman–Crippen MR) is 81.2 cm³/mol. The van der Waals surface area contributed by atoms with Crippen LogP contribution < -0.4 is 5.73 Å². The highest BCUT2D eigenvalue weighted by Gasteiger charge is 2.23. The van der Waals surface area contributed by atoms with E-state index in [9.17, 15) is 4.79 Å². The standard InChI is InChI=1S/C15H22N2OS/c1-19-10-8-14(16)15(18)17-9-4-7-12-5-2-3-6-13(12)11-17/h2-3,5-6,14H,4,7-11,16H2,1H3/t14-/m0/s1. The minimum Gasteiger partial charge on any atom is -0.337 e. The highest BCUT2D eigenvalue weighted by molar-refractivity contribution is 7.98. The van der Waals surface area contributed by atoms with Gasteiger partial charge in [0.1, 0.15) is 0 Å². The van der Waals surface area contributed by atoms with Crippen molar-refractivity contribution in [2.45, 2.75) is 31.8 Å². The lowest BCUT2D eigenvalue weighted by molar-refractivity contribution is -0.133. The number of fused-ring (bicyclic) bond motifs is 1. The van der Waals surface area contributed by atoms with Crippen LogP contribution in [0, 0.1) is 0 Å². The molecule has 3 nitrogen and oxygen atoms in total. The van der Waals surface area contributed by atoms with Gasteiger partial charge in [-0.05, 0) is 42.4 Å². The van der Waals surface area contributed by atoms with Crippen molar-refractivity contribution in [3.05, 3.63) is 35.4 Å². The van der Waals surface area contributed by atoms with Crippen LogP contribution >= 0.6 is 11.8 Å². The molecule has 0 aromatic heterocycles. The molecule has 1 heterocycles. The van der Waals surface area contributed by atoms with Crippen LogP contribution in [0.3, 0.4) is 0 Å². The summed E-state index contributed by atoms with van der Waals surface area (Å²) >= 11 is 1.74. The summed E-state index contributed by atoms with van der Waals surface area (Å²) in [6.45, 7) is 1.53. The highest BCUT2D eigenvalue weighted by atomic mass is 32.2. The minimum atomic E-state index is -0.349. The zero-order valence-electron chi connectivity index (χ0n) is 11.5. The van der Waals surface area contributed by atoms with Gasteiger partial charge in [0.15, 0.2) is 0 Å². The Morgan fingerprint density at radius 1 is 1.42 bits per heavy atom. The summed E-state index contributed by atoms with van der Waals surface area (Å²) in [5.74, 6) is 1.04. The Kier molecular flexibility index (Phi) is 5.28. The Morgan fingerprint density at radius 2 is 2.16 bits per heavy atom. The molecule has 1 atom stereocenters. The molecule has 4 heteroatoms. The Morgan fingerprint density at radius 3 is 2.89 bits per heavy atom. The number of aryl methyl sites for hydroxylation is 1. The molecule has 0 saturated heterocycles. The summed E-state index contributed by atoms with van der Waals surface area (Å²) in [4.78, 5) is 14.3. The number of hydrogen-bond acceptors (Lipinski definition) is 3. The van der Waals surface area contributed by atoms with Crippen molar-refractivity contribution < 1.29 is 4.79 Å². The van der Waals surface area contributed by atoms with E-state index in [1.807, 2.05) is 17.2 Å². The fourth-order valence-corrected chi connectivity index (χ4v) is 2.98. The van der Waals surface area contributed by atoms with Crippen LogP contribution in [0.5, 0.6) is 0 Å². The zero-order chi connectivity index (χ0) is 13.7. The molecule has 2 rings (SSSR count). The maximum Gasteiger partial charge on any atom is 0.239 e. The van der Waals surface area contributed by atoms with Crippen molar-refractivity contribution in [3.8, 4) is 0 Å². The van der Waals surface area contributed by atoms with Crippen LogP contribution in [-0.4, -0.2) is 35.4 Å². The Bertz CT molecular complexity index is 436. The van der Waals surface area contributed by atoms with Crippen molar-refractivity contribution >= 4 is 17.7 Å². The van der Waals surface area contributed by atoms with E-state index in [1.54, 1.807) is 11.8 Å². The number of benzene rings is 1. The molecule has 0 aliphatic carbocycles. The maximum atomic E-state index is 12.4. The van der Waals surface area contributed by atoms with E-state index < -0.39 is 0 Å². The summed E-state index contributed by atoms with van der Waals surface area (Å²) < 4.78 is 0. The van der Waals surface area contributed by atoms with Gasteiger partial charge >= 0.3 is 0 Å². The largest absolute Gasteiger partial charge is 0.337 e. The number of nitrogens with two attached hydrogens (primary N) is 1. The number of nitrogens with zero attached hydrogens (tertiary/aromatic N) is 1. The topological polar surface area (TPSA) is 46.3 Å². The predicted octanol–water partition coefficient (Wildman–Crippen LogP) is 2.04. The molecule has 19 heavy (non-hydrogen) atoms. The summed E-state index contributed by atoms with van der Waals surface area (Å²) in [6, 6.07) is 8.05. The Labute approximate surface area is 119 Å². The second kappa shape index (κ2) is 6.96. The third-order valence-corrected chi connectivity index (χ3v) is 4.26. The first-order valence-corrected chi connectivity index (χ1v) is 8.22. The van der Waals surface area contributed by atoms with Gasteiger partial charge in [-0.1, -0.05) is 24.3 Å². The molecule has 0 bridgehead atoms. The lowest BCUT2D eigenvalue weighted by Gasteiger charge is -2.24. The van der Waals surface area contributed by atoms with Crippen molar-refractivity contribution in [2.75, 3.05) is 18.6 Å². The number of rotatable bonds is 4. The van der Waals surface area contributed by atoms with E-state index in [4.69, 9.17) is 5.73 Å². The van der Waals surface area contributed by atoms with Crippen molar-refractivity contribution in [1.29, 1.82) is 0 Å². The third kappa shape index (κ3) is 3.74. The van der Waals surface area contributed by atoms with Gasteiger partial charge < -0.3 is 10.6 Å². The molecule has 1 aromatic carbocycles. The number of carbonyl (C=O) groups excluding carboxylic acids is 1. The average Bonchev–Trinajstić information content (AvgIpc) is 2.66. The Hall–Kier alpha value is -1.00. The van der Waals surface area contributed by atoms with E-state index in [1.165, 1.54) is 11.1 Å². The summed E-state index contributed by atoms with van der Waals surface area (Å²) in [7, 11) is 0. The smallest absolute Gasteiger partial charge is 0.239 e. The molecule has 1 aliphatic rings. The van der Waals surface area contributed by atoms with Crippen molar-refractivity contribution in [2.24, 2.45) is 5.73 Å². The molecule has 0 saturated carbocycles. The molecule has 0 unspecified atom stereocenters.